The quantitative estimate of drug-likeness (QED) is 0.694. The maximum atomic E-state index is 4.63. The number of nitrogens with one attached hydrogen (secondary N) is 1. The highest BCUT2D eigenvalue weighted by Gasteiger charge is 2.14. The maximum Gasteiger partial charge on any atom is 0.156 e. The number of para-hydroxylation sites is 2. The van der Waals surface area contributed by atoms with Gasteiger partial charge < -0.3 is 10.2 Å². The molecular formula is C20H21N3. The number of pyridine rings is 1. The van der Waals surface area contributed by atoms with Crippen LogP contribution in [0.5, 0.6) is 0 Å². The molecule has 3 nitrogen and oxygen atoms in total. The molecule has 0 unspecified atom stereocenters. The zero-order valence-electron chi connectivity index (χ0n) is 13.5. The Kier molecular flexibility index (Phi) is 4.57. The Morgan fingerprint density at radius 1 is 0.913 bits per heavy atom. The summed E-state index contributed by atoms with van der Waals surface area (Å²) in [4.78, 5) is 6.86. The van der Waals surface area contributed by atoms with Gasteiger partial charge >= 0.3 is 0 Å². The highest BCUT2D eigenvalue weighted by Crippen LogP contribution is 2.33. The molecule has 3 aromatic rings. The summed E-state index contributed by atoms with van der Waals surface area (Å²) in [6.07, 6.45) is 1.84. The maximum absolute atomic E-state index is 4.63. The summed E-state index contributed by atoms with van der Waals surface area (Å²) in [6, 6.07) is 22.6. The fraction of sp³-hybridized carbons (Fsp3) is 0.150. The van der Waals surface area contributed by atoms with Crippen molar-refractivity contribution in [3.8, 4) is 0 Å². The molecule has 0 fully saturated rings. The lowest BCUT2D eigenvalue weighted by Crippen LogP contribution is -2.19. The van der Waals surface area contributed by atoms with E-state index in [0.717, 1.165) is 23.7 Å². The van der Waals surface area contributed by atoms with Crippen molar-refractivity contribution in [2.45, 2.75) is 13.8 Å². The van der Waals surface area contributed by atoms with E-state index in [-0.39, 0.29) is 0 Å². The van der Waals surface area contributed by atoms with Crippen molar-refractivity contribution in [2.75, 3.05) is 16.8 Å². The molecule has 0 spiro atoms. The molecule has 1 aromatic heterocycles. The van der Waals surface area contributed by atoms with Gasteiger partial charge in [0.15, 0.2) is 5.82 Å². The normalized spacial score (nSPS) is 10.3. The van der Waals surface area contributed by atoms with E-state index in [9.17, 15) is 0 Å². The van der Waals surface area contributed by atoms with Gasteiger partial charge in [0.05, 0.1) is 5.69 Å². The third kappa shape index (κ3) is 3.34. The van der Waals surface area contributed by atoms with E-state index in [4.69, 9.17) is 0 Å². The van der Waals surface area contributed by atoms with Crippen LogP contribution in [0.1, 0.15) is 12.5 Å². The van der Waals surface area contributed by atoms with Gasteiger partial charge in [-0.3, -0.25) is 0 Å². The molecule has 23 heavy (non-hydrogen) atoms. The third-order valence-corrected chi connectivity index (χ3v) is 3.82. The minimum Gasteiger partial charge on any atom is -0.352 e. The van der Waals surface area contributed by atoms with Gasteiger partial charge in [0, 0.05) is 24.1 Å². The average molecular weight is 303 g/mol. The number of anilines is 4. The van der Waals surface area contributed by atoms with Gasteiger partial charge in [-0.05, 0) is 49.7 Å². The van der Waals surface area contributed by atoms with Crippen molar-refractivity contribution in [1.82, 2.24) is 4.98 Å². The van der Waals surface area contributed by atoms with E-state index in [2.05, 4.69) is 71.5 Å². The molecule has 0 aliphatic rings. The first-order chi connectivity index (χ1) is 11.3. The number of aromatic nitrogens is 1. The zero-order chi connectivity index (χ0) is 16.1. The second-order valence-corrected chi connectivity index (χ2v) is 5.40. The van der Waals surface area contributed by atoms with Crippen LogP contribution in [0.3, 0.4) is 0 Å². The Morgan fingerprint density at radius 2 is 1.65 bits per heavy atom. The fourth-order valence-electron chi connectivity index (χ4n) is 2.69. The predicted octanol–water partition coefficient (Wildman–Crippen LogP) is 5.29. The number of hydrogen-bond donors (Lipinski definition) is 1. The molecule has 2 aromatic carbocycles. The van der Waals surface area contributed by atoms with Crippen LogP contribution >= 0.6 is 0 Å². The van der Waals surface area contributed by atoms with E-state index in [1.807, 2.05) is 30.5 Å². The van der Waals surface area contributed by atoms with Crippen LogP contribution in [0.2, 0.25) is 0 Å². The molecule has 0 bridgehead atoms. The first-order valence-electron chi connectivity index (χ1n) is 7.90. The van der Waals surface area contributed by atoms with E-state index >= 15 is 0 Å². The average Bonchev–Trinajstić information content (AvgIpc) is 2.59. The second-order valence-electron chi connectivity index (χ2n) is 5.40. The van der Waals surface area contributed by atoms with Crippen LogP contribution < -0.4 is 10.2 Å². The summed E-state index contributed by atoms with van der Waals surface area (Å²) in [5.74, 6) is 0.938. The first kappa shape index (κ1) is 15.1. The SMILES string of the molecule is CCN(c1ccccc1C)c1ncccc1Nc1ccccc1. The topological polar surface area (TPSA) is 28.2 Å². The highest BCUT2D eigenvalue weighted by molar-refractivity contribution is 5.77. The monoisotopic (exact) mass is 303 g/mol. The van der Waals surface area contributed by atoms with Crippen molar-refractivity contribution >= 4 is 22.9 Å². The van der Waals surface area contributed by atoms with Crippen molar-refractivity contribution in [3.63, 3.8) is 0 Å². The third-order valence-electron chi connectivity index (χ3n) is 3.82. The van der Waals surface area contributed by atoms with Crippen LogP contribution in [0.4, 0.5) is 22.9 Å². The summed E-state index contributed by atoms with van der Waals surface area (Å²) in [6.45, 7) is 5.13. The van der Waals surface area contributed by atoms with Gasteiger partial charge in [-0.15, -0.1) is 0 Å². The molecule has 3 heteroatoms. The second kappa shape index (κ2) is 6.97. The molecule has 1 N–H and O–H groups in total. The molecule has 3 rings (SSSR count). The van der Waals surface area contributed by atoms with Crippen LogP contribution in [0.25, 0.3) is 0 Å². The Bertz CT molecular complexity index is 769. The molecule has 0 saturated carbocycles. The minimum absolute atomic E-state index is 0.853. The van der Waals surface area contributed by atoms with E-state index in [0.29, 0.717) is 0 Å². The van der Waals surface area contributed by atoms with E-state index < -0.39 is 0 Å². The van der Waals surface area contributed by atoms with Gasteiger partial charge in [-0.2, -0.15) is 0 Å². The highest BCUT2D eigenvalue weighted by atomic mass is 15.2. The van der Waals surface area contributed by atoms with Crippen LogP contribution in [0, 0.1) is 6.92 Å². The number of hydrogen-bond acceptors (Lipinski definition) is 3. The number of aryl methyl sites for hydroxylation is 1. The number of nitrogens with zero attached hydrogens (tertiary/aromatic N) is 2. The van der Waals surface area contributed by atoms with Crippen molar-refractivity contribution in [3.05, 3.63) is 78.5 Å². The van der Waals surface area contributed by atoms with Gasteiger partial charge in [0.2, 0.25) is 0 Å². The van der Waals surface area contributed by atoms with Gasteiger partial charge in [0.1, 0.15) is 0 Å². The Morgan fingerprint density at radius 3 is 2.39 bits per heavy atom. The van der Waals surface area contributed by atoms with E-state index in [1.54, 1.807) is 0 Å². The molecule has 116 valence electrons. The molecule has 0 amide bonds. The smallest absolute Gasteiger partial charge is 0.156 e. The molecule has 1 heterocycles. The Labute approximate surface area is 137 Å². The summed E-state index contributed by atoms with van der Waals surface area (Å²) >= 11 is 0. The lowest BCUT2D eigenvalue weighted by Gasteiger charge is -2.26. The Hall–Kier alpha value is -2.81. The standard InChI is InChI=1S/C20H21N3/c1-3-23(19-14-8-7-10-16(19)2)20-18(13-9-15-21-20)22-17-11-5-4-6-12-17/h4-15,22H,3H2,1-2H3. The van der Waals surface area contributed by atoms with Crippen LogP contribution in [-0.4, -0.2) is 11.5 Å². The van der Waals surface area contributed by atoms with Gasteiger partial charge in [-0.1, -0.05) is 36.4 Å². The summed E-state index contributed by atoms with van der Waals surface area (Å²) in [5, 5.41) is 3.47. The summed E-state index contributed by atoms with van der Waals surface area (Å²) in [5.41, 5.74) is 4.49. The minimum atomic E-state index is 0.853. The largest absolute Gasteiger partial charge is 0.352 e. The van der Waals surface area contributed by atoms with Crippen molar-refractivity contribution in [1.29, 1.82) is 0 Å². The lowest BCUT2D eigenvalue weighted by atomic mass is 10.1. The summed E-state index contributed by atoms with van der Waals surface area (Å²) < 4.78 is 0. The van der Waals surface area contributed by atoms with E-state index in [1.165, 1.54) is 11.3 Å². The molecule has 0 radical (unpaired) electrons. The molecule has 0 aliphatic heterocycles. The van der Waals surface area contributed by atoms with Crippen molar-refractivity contribution in [2.24, 2.45) is 0 Å². The molecule has 0 aliphatic carbocycles. The van der Waals surface area contributed by atoms with Crippen molar-refractivity contribution < 1.29 is 0 Å². The van der Waals surface area contributed by atoms with Gasteiger partial charge in [0.25, 0.3) is 0 Å². The van der Waals surface area contributed by atoms with Gasteiger partial charge in [-0.25, -0.2) is 4.98 Å². The zero-order valence-corrected chi connectivity index (χ0v) is 13.5. The number of rotatable bonds is 5. The Balaban J connectivity index is 2.00. The molecule has 0 saturated heterocycles. The predicted molar refractivity (Wildman–Crippen MR) is 97.8 cm³/mol. The van der Waals surface area contributed by atoms with Crippen LogP contribution in [0.15, 0.2) is 72.9 Å². The fourth-order valence-corrected chi connectivity index (χ4v) is 2.69. The summed E-state index contributed by atoms with van der Waals surface area (Å²) in [7, 11) is 0. The lowest BCUT2D eigenvalue weighted by molar-refractivity contribution is 0.984. The molecular weight excluding hydrogens is 282 g/mol. The first-order valence-corrected chi connectivity index (χ1v) is 7.90. The molecule has 0 atom stereocenters. The van der Waals surface area contributed by atoms with Crippen LogP contribution in [-0.2, 0) is 0 Å². The number of benzene rings is 2.